The van der Waals surface area contributed by atoms with E-state index in [1.807, 2.05) is 0 Å². The minimum atomic E-state index is -3.59. The predicted molar refractivity (Wildman–Crippen MR) is 128 cm³/mol. The molecular formula is C24H31N3O5S. The predicted octanol–water partition coefficient (Wildman–Crippen LogP) is 3.88. The number of hydrogen-bond donors (Lipinski definition) is 1. The number of ether oxygens (including phenoxy) is 1. The number of anilines is 2. The number of carbonyl (C=O) groups is 2. The molecule has 0 aliphatic carbocycles. The Morgan fingerprint density at radius 1 is 1.09 bits per heavy atom. The van der Waals surface area contributed by atoms with Crippen molar-refractivity contribution in [1.82, 2.24) is 4.31 Å². The van der Waals surface area contributed by atoms with Crippen LogP contribution in [0.4, 0.5) is 11.4 Å². The molecule has 178 valence electrons. The van der Waals surface area contributed by atoms with Crippen LogP contribution in [0.25, 0.3) is 0 Å². The first-order valence-electron chi connectivity index (χ1n) is 11.3. The molecule has 0 bridgehead atoms. The molecule has 33 heavy (non-hydrogen) atoms. The lowest BCUT2D eigenvalue weighted by atomic mass is 10.1. The highest BCUT2D eigenvalue weighted by atomic mass is 32.2. The molecule has 3 rings (SSSR count). The van der Waals surface area contributed by atoms with E-state index in [2.05, 4.69) is 12.2 Å². The van der Waals surface area contributed by atoms with Gasteiger partial charge in [0.1, 0.15) is 5.75 Å². The molecule has 1 atom stereocenters. The zero-order valence-corrected chi connectivity index (χ0v) is 20.3. The molecule has 1 unspecified atom stereocenters. The number of benzene rings is 2. The molecule has 0 spiro atoms. The molecule has 0 saturated carbocycles. The average Bonchev–Trinajstić information content (AvgIpc) is 2.80. The van der Waals surface area contributed by atoms with Gasteiger partial charge >= 0.3 is 0 Å². The van der Waals surface area contributed by atoms with Crippen LogP contribution in [0.15, 0.2) is 47.4 Å². The van der Waals surface area contributed by atoms with Gasteiger partial charge in [0.25, 0.3) is 11.8 Å². The van der Waals surface area contributed by atoms with Gasteiger partial charge in [0.15, 0.2) is 6.10 Å². The molecule has 0 radical (unpaired) electrons. The van der Waals surface area contributed by atoms with Gasteiger partial charge in [0.05, 0.1) is 10.6 Å². The first-order chi connectivity index (χ1) is 15.7. The molecule has 2 amide bonds. The maximum atomic E-state index is 12.8. The number of amides is 2. The maximum absolute atomic E-state index is 12.8. The number of fused-ring (bicyclic) bond motifs is 1. The summed E-state index contributed by atoms with van der Waals surface area (Å²) in [5.74, 6) is 0.116. The Morgan fingerprint density at radius 3 is 2.36 bits per heavy atom. The van der Waals surface area contributed by atoms with Crippen molar-refractivity contribution in [2.45, 2.75) is 51.5 Å². The van der Waals surface area contributed by atoms with Crippen molar-refractivity contribution in [2.75, 3.05) is 29.9 Å². The second-order valence-electron chi connectivity index (χ2n) is 7.85. The molecule has 9 heteroatoms. The molecule has 2 aromatic rings. The van der Waals surface area contributed by atoms with Gasteiger partial charge in [-0.05, 0) is 55.8 Å². The molecule has 8 nitrogen and oxygen atoms in total. The van der Waals surface area contributed by atoms with Crippen molar-refractivity contribution in [3.05, 3.63) is 48.0 Å². The lowest BCUT2D eigenvalue weighted by molar-refractivity contribution is -0.125. The topological polar surface area (TPSA) is 96.0 Å². The average molecular weight is 474 g/mol. The van der Waals surface area contributed by atoms with Crippen LogP contribution in [0.5, 0.6) is 5.75 Å². The summed E-state index contributed by atoms with van der Waals surface area (Å²) in [6.45, 7) is 8.68. The quantitative estimate of drug-likeness (QED) is 0.596. The zero-order chi connectivity index (χ0) is 24.2. The maximum Gasteiger partial charge on any atom is 0.267 e. The molecule has 0 aromatic heterocycles. The standard InChI is InChI=1S/C24H31N3O5S/c1-5-8-15-27-21-16-19(11-14-22(21)32-17(4)24(27)29)25-23(28)18-9-12-20(13-10-18)33(30,31)26(6-2)7-3/h9-14,16-17H,5-8,15H2,1-4H3,(H,25,28). The van der Waals surface area contributed by atoms with Gasteiger partial charge < -0.3 is 15.0 Å². The van der Waals surface area contributed by atoms with E-state index >= 15 is 0 Å². The number of hydrogen-bond acceptors (Lipinski definition) is 5. The van der Waals surface area contributed by atoms with E-state index in [0.717, 1.165) is 12.8 Å². The van der Waals surface area contributed by atoms with Gasteiger partial charge in [-0.2, -0.15) is 4.31 Å². The number of nitrogens with zero attached hydrogens (tertiary/aromatic N) is 2. The number of unbranched alkanes of at least 4 members (excludes halogenated alkanes) is 1. The van der Waals surface area contributed by atoms with E-state index in [-0.39, 0.29) is 16.7 Å². The van der Waals surface area contributed by atoms with Crippen LogP contribution >= 0.6 is 0 Å². The molecule has 1 aliphatic rings. The molecular weight excluding hydrogens is 442 g/mol. The SMILES string of the molecule is CCCCN1C(=O)C(C)Oc2ccc(NC(=O)c3ccc(S(=O)(=O)N(CC)CC)cc3)cc21. The van der Waals surface area contributed by atoms with Crippen LogP contribution < -0.4 is 15.0 Å². The van der Waals surface area contributed by atoms with Crippen LogP contribution in [0.3, 0.4) is 0 Å². The van der Waals surface area contributed by atoms with E-state index in [4.69, 9.17) is 4.74 Å². The second-order valence-corrected chi connectivity index (χ2v) is 9.79. The van der Waals surface area contributed by atoms with Gasteiger partial charge in [0, 0.05) is 30.9 Å². The van der Waals surface area contributed by atoms with E-state index in [1.54, 1.807) is 43.9 Å². The summed E-state index contributed by atoms with van der Waals surface area (Å²) in [6, 6.07) is 11.1. The number of nitrogens with one attached hydrogen (secondary N) is 1. The summed E-state index contributed by atoms with van der Waals surface area (Å²) in [6.07, 6.45) is 1.25. The molecule has 1 N–H and O–H groups in total. The number of carbonyl (C=O) groups excluding carboxylic acids is 2. The Morgan fingerprint density at radius 2 is 1.76 bits per heavy atom. The Labute approximate surface area is 195 Å². The van der Waals surface area contributed by atoms with Crippen LogP contribution in [0.2, 0.25) is 0 Å². The first kappa shape index (κ1) is 24.7. The fourth-order valence-corrected chi connectivity index (χ4v) is 5.18. The van der Waals surface area contributed by atoms with Gasteiger partial charge in [-0.15, -0.1) is 0 Å². The summed E-state index contributed by atoms with van der Waals surface area (Å²) in [7, 11) is -3.59. The lowest BCUT2D eigenvalue weighted by Gasteiger charge is -2.33. The Bertz CT molecular complexity index is 1110. The van der Waals surface area contributed by atoms with E-state index in [1.165, 1.54) is 28.6 Å². The van der Waals surface area contributed by atoms with Gasteiger partial charge in [-0.1, -0.05) is 27.2 Å². The van der Waals surface area contributed by atoms with Crippen molar-refractivity contribution in [3.8, 4) is 5.75 Å². The van der Waals surface area contributed by atoms with Crippen molar-refractivity contribution in [1.29, 1.82) is 0 Å². The highest BCUT2D eigenvalue weighted by Gasteiger charge is 2.31. The number of sulfonamides is 1. The van der Waals surface area contributed by atoms with Crippen molar-refractivity contribution >= 4 is 33.2 Å². The van der Waals surface area contributed by atoms with Crippen molar-refractivity contribution in [3.63, 3.8) is 0 Å². The fourth-order valence-electron chi connectivity index (χ4n) is 3.73. The van der Waals surface area contributed by atoms with Crippen molar-refractivity contribution in [2.24, 2.45) is 0 Å². The monoisotopic (exact) mass is 473 g/mol. The Kier molecular flexibility index (Phi) is 7.76. The first-order valence-corrected chi connectivity index (χ1v) is 12.7. The minimum Gasteiger partial charge on any atom is -0.479 e. The lowest BCUT2D eigenvalue weighted by Crippen LogP contribution is -2.44. The van der Waals surface area contributed by atoms with Crippen molar-refractivity contribution < 1.29 is 22.7 Å². The summed E-state index contributed by atoms with van der Waals surface area (Å²) >= 11 is 0. The molecule has 1 heterocycles. The largest absolute Gasteiger partial charge is 0.479 e. The molecule has 0 saturated heterocycles. The third kappa shape index (κ3) is 5.20. The Hall–Kier alpha value is -2.91. The highest BCUT2D eigenvalue weighted by molar-refractivity contribution is 7.89. The van der Waals surface area contributed by atoms with Gasteiger partial charge in [-0.25, -0.2) is 8.42 Å². The summed E-state index contributed by atoms with van der Waals surface area (Å²) in [5, 5.41) is 2.82. The molecule has 1 aliphatic heterocycles. The number of rotatable bonds is 9. The Balaban J connectivity index is 1.80. The van der Waals surface area contributed by atoms with Crippen LogP contribution in [0, 0.1) is 0 Å². The third-order valence-electron chi connectivity index (χ3n) is 5.62. The van der Waals surface area contributed by atoms with Crippen LogP contribution in [0.1, 0.15) is 50.9 Å². The minimum absolute atomic E-state index is 0.107. The zero-order valence-electron chi connectivity index (χ0n) is 19.5. The highest BCUT2D eigenvalue weighted by Crippen LogP contribution is 2.36. The van der Waals surface area contributed by atoms with E-state index < -0.39 is 16.1 Å². The van der Waals surface area contributed by atoms with E-state index in [9.17, 15) is 18.0 Å². The van der Waals surface area contributed by atoms with Gasteiger partial charge in [-0.3, -0.25) is 9.59 Å². The normalized spacial score (nSPS) is 15.8. The molecule has 0 fully saturated rings. The summed E-state index contributed by atoms with van der Waals surface area (Å²) in [4.78, 5) is 27.2. The summed E-state index contributed by atoms with van der Waals surface area (Å²) in [5.41, 5.74) is 1.48. The smallest absolute Gasteiger partial charge is 0.267 e. The van der Waals surface area contributed by atoms with Gasteiger partial charge in [0.2, 0.25) is 10.0 Å². The van der Waals surface area contributed by atoms with Crippen LogP contribution in [-0.4, -0.2) is 50.3 Å². The summed E-state index contributed by atoms with van der Waals surface area (Å²) < 4.78 is 32.4. The molecule has 2 aromatic carbocycles. The fraction of sp³-hybridized carbons (Fsp3) is 0.417. The van der Waals surface area contributed by atoms with E-state index in [0.29, 0.717) is 42.3 Å². The third-order valence-corrected chi connectivity index (χ3v) is 7.68. The second kappa shape index (κ2) is 10.4. The van der Waals surface area contributed by atoms with Crippen LogP contribution in [-0.2, 0) is 14.8 Å².